The van der Waals surface area contributed by atoms with Gasteiger partial charge in [-0.3, -0.25) is 10.1 Å². The van der Waals surface area contributed by atoms with E-state index in [2.05, 4.69) is 10.6 Å². The molecule has 2 amide bonds. The lowest BCUT2D eigenvalue weighted by Gasteiger charge is -2.08. The fraction of sp³-hybridized carbons (Fsp3) is 0.0714. The van der Waals surface area contributed by atoms with Gasteiger partial charge in [0.25, 0.3) is 5.69 Å². The monoisotopic (exact) mass is 287 g/mol. The van der Waals surface area contributed by atoms with Gasteiger partial charge in [0.15, 0.2) is 0 Å². The Balaban J connectivity index is 2.06. The summed E-state index contributed by atoms with van der Waals surface area (Å²) in [4.78, 5) is 21.9. The predicted octanol–water partition coefficient (Wildman–Crippen LogP) is 3.25. The van der Waals surface area contributed by atoms with E-state index in [4.69, 9.17) is 0 Å². The Bertz CT molecular complexity index is 700. The van der Waals surface area contributed by atoms with Crippen LogP contribution in [-0.4, -0.2) is 16.1 Å². The zero-order valence-corrected chi connectivity index (χ0v) is 11.2. The second kappa shape index (κ2) is 5.91. The minimum atomic E-state index is -0.535. The molecule has 3 N–H and O–H groups in total. The summed E-state index contributed by atoms with van der Waals surface area (Å²) in [6.07, 6.45) is 0. The highest BCUT2D eigenvalue weighted by molar-refractivity contribution is 6.00. The molecule has 2 rings (SSSR count). The molecule has 0 radical (unpaired) electrons. The van der Waals surface area contributed by atoms with Gasteiger partial charge in [-0.15, -0.1) is 0 Å². The van der Waals surface area contributed by atoms with Crippen LogP contribution in [0.4, 0.5) is 21.9 Å². The van der Waals surface area contributed by atoms with Crippen molar-refractivity contribution < 1.29 is 14.8 Å². The summed E-state index contributed by atoms with van der Waals surface area (Å²) in [5.41, 5.74) is 1.35. The molecule has 0 aliphatic rings. The lowest BCUT2D eigenvalue weighted by molar-refractivity contribution is -0.384. The second-order valence-corrected chi connectivity index (χ2v) is 4.39. The Kier molecular flexibility index (Phi) is 4.03. The average molecular weight is 287 g/mol. The average Bonchev–Trinajstić information content (AvgIpc) is 2.43. The van der Waals surface area contributed by atoms with Crippen LogP contribution < -0.4 is 10.6 Å². The van der Waals surface area contributed by atoms with Crippen molar-refractivity contribution in [1.29, 1.82) is 0 Å². The Morgan fingerprint density at radius 1 is 1.14 bits per heavy atom. The number of rotatable bonds is 3. The highest BCUT2D eigenvalue weighted by Crippen LogP contribution is 2.21. The van der Waals surface area contributed by atoms with Gasteiger partial charge in [-0.1, -0.05) is 6.07 Å². The number of aryl methyl sites for hydroxylation is 1. The number of carbonyl (C=O) groups excluding carboxylic acids is 1. The van der Waals surface area contributed by atoms with Gasteiger partial charge in [-0.25, -0.2) is 4.79 Å². The van der Waals surface area contributed by atoms with Crippen molar-refractivity contribution in [2.75, 3.05) is 10.6 Å². The first kappa shape index (κ1) is 14.3. The maximum Gasteiger partial charge on any atom is 0.323 e. The van der Waals surface area contributed by atoms with Gasteiger partial charge in [0, 0.05) is 23.5 Å². The third kappa shape index (κ3) is 3.69. The number of benzene rings is 2. The summed E-state index contributed by atoms with van der Waals surface area (Å²) in [6, 6.07) is 9.75. The summed E-state index contributed by atoms with van der Waals surface area (Å²) < 4.78 is 0. The van der Waals surface area contributed by atoms with Gasteiger partial charge in [-0.2, -0.15) is 0 Å². The SMILES string of the molecule is Cc1cc(NC(=O)Nc2cccc([N+](=O)[O-])c2)ccc1O. The number of nitrogens with zero attached hydrogens (tertiary/aromatic N) is 1. The number of phenolic OH excluding ortho intramolecular Hbond substituents is 1. The number of hydrogen-bond donors (Lipinski definition) is 3. The molecule has 2 aromatic rings. The zero-order chi connectivity index (χ0) is 15.4. The van der Waals surface area contributed by atoms with Gasteiger partial charge >= 0.3 is 6.03 Å². The van der Waals surface area contributed by atoms with Crippen LogP contribution in [0.15, 0.2) is 42.5 Å². The van der Waals surface area contributed by atoms with E-state index in [-0.39, 0.29) is 11.4 Å². The van der Waals surface area contributed by atoms with E-state index in [0.717, 1.165) is 0 Å². The zero-order valence-electron chi connectivity index (χ0n) is 11.2. The van der Waals surface area contributed by atoms with Gasteiger partial charge in [0.2, 0.25) is 0 Å². The van der Waals surface area contributed by atoms with Gasteiger partial charge < -0.3 is 15.7 Å². The number of amides is 2. The number of phenols is 1. The molecule has 0 heterocycles. The molecule has 0 spiro atoms. The highest BCUT2D eigenvalue weighted by Gasteiger charge is 2.08. The molecular formula is C14H13N3O4. The molecule has 0 saturated heterocycles. The number of nitro groups is 1. The molecule has 0 aliphatic heterocycles. The molecule has 108 valence electrons. The molecular weight excluding hydrogens is 274 g/mol. The third-order valence-electron chi connectivity index (χ3n) is 2.77. The Morgan fingerprint density at radius 2 is 1.81 bits per heavy atom. The second-order valence-electron chi connectivity index (χ2n) is 4.39. The van der Waals surface area contributed by atoms with Crippen molar-refractivity contribution >= 4 is 23.1 Å². The van der Waals surface area contributed by atoms with E-state index in [1.807, 2.05) is 0 Å². The lowest BCUT2D eigenvalue weighted by atomic mass is 10.2. The van der Waals surface area contributed by atoms with Crippen molar-refractivity contribution in [2.24, 2.45) is 0 Å². The first-order valence-electron chi connectivity index (χ1n) is 6.08. The van der Waals surface area contributed by atoms with Crippen LogP contribution >= 0.6 is 0 Å². The first-order valence-corrected chi connectivity index (χ1v) is 6.08. The molecule has 0 fully saturated rings. The van der Waals surface area contributed by atoms with Crippen LogP contribution in [0.25, 0.3) is 0 Å². The highest BCUT2D eigenvalue weighted by atomic mass is 16.6. The van der Waals surface area contributed by atoms with Crippen molar-refractivity contribution in [1.82, 2.24) is 0 Å². The van der Waals surface area contributed by atoms with Gasteiger partial charge in [0.1, 0.15) is 5.75 Å². The third-order valence-corrected chi connectivity index (χ3v) is 2.77. The Labute approximate surface area is 120 Å². The fourth-order valence-electron chi connectivity index (χ4n) is 1.72. The van der Waals surface area contributed by atoms with Crippen LogP contribution in [0, 0.1) is 17.0 Å². The molecule has 0 saturated carbocycles. The van der Waals surface area contributed by atoms with Crippen molar-refractivity contribution in [2.45, 2.75) is 6.92 Å². The predicted molar refractivity (Wildman–Crippen MR) is 78.6 cm³/mol. The number of hydrogen-bond acceptors (Lipinski definition) is 4. The summed E-state index contributed by atoms with van der Waals surface area (Å²) in [5.74, 6) is 0.139. The molecule has 0 unspecified atom stereocenters. The number of carbonyl (C=O) groups is 1. The molecule has 0 atom stereocenters. The Hall–Kier alpha value is -3.09. The summed E-state index contributed by atoms with van der Waals surface area (Å²) >= 11 is 0. The quantitative estimate of drug-likeness (QED) is 0.457. The van der Waals surface area contributed by atoms with E-state index in [1.165, 1.54) is 24.3 Å². The Morgan fingerprint density at radius 3 is 2.43 bits per heavy atom. The minimum absolute atomic E-state index is 0.103. The van der Waals surface area contributed by atoms with E-state index < -0.39 is 11.0 Å². The minimum Gasteiger partial charge on any atom is -0.508 e. The molecule has 7 nitrogen and oxygen atoms in total. The number of nitrogens with one attached hydrogen (secondary N) is 2. The van der Waals surface area contributed by atoms with E-state index in [0.29, 0.717) is 16.9 Å². The summed E-state index contributed by atoms with van der Waals surface area (Å²) in [6.45, 7) is 1.71. The number of non-ortho nitro benzene ring substituents is 1. The van der Waals surface area contributed by atoms with Crippen molar-refractivity contribution in [3.05, 3.63) is 58.1 Å². The number of aromatic hydroxyl groups is 1. The van der Waals surface area contributed by atoms with Crippen LogP contribution in [0.5, 0.6) is 5.75 Å². The molecule has 2 aromatic carbocycles. The largest absolute Gasteiger partial charge is 0.508 e. The first-order chi connectivity index (χ1) is 9.95. The summed E-state index contributed by atoms with van der Waals surface area (Å²) in [5, 5.41) is 25.1. The van der Waals surface area contributed by atoms with Crippen molar-refractivity contribution in [3.8, 4) is 5.75 Å². The molecule has 0 aromatic heterocycles. The van der Waals surface area contributed by atoms with E-state index in [1.54, 1.807) is 25.1 Å². The van der Waals surface area contributed by atoms with Crippen LogP contribution in [-0.2, 0) is 0 Å². The number of anilines is 2. The molecule has 7 heteroatoms. The molecule has 0 bridgehead atoms. The summed E-state index contributed by atoms with van der Waals surface area (Å²) in [7, 11) is 0. The smallest absolute Gasteiger partial charge is 0.323 e. The van der Waals surface area contributed by atoms with E-state index >= 15 is 0 Å². The lowest BCUT2D eigenvalue weighted by Crippen LogP contribution is -2.19. The topological polar surface area (TPSA) is 104 Å². The fourth-order valence-corrected chi connectivity index (χ4v) is 1.72. The maximum atomic E-state index is 11.8. The number of urea groups is 1. The van der Waals surface area contributed by atoms with E-state index in [9.17, 15) is 20.0 Å². The van der Waals surface area contributed by atoms with Gasteiger partial charge in [-0.05, 0) is 36.8 Å². The van der Waals surface area contributed by atoms with Crippen molar-refractivity contribution in [3.63, 3.8) is 0 Å². The number of nitro benzene ring substituents is 1. The normalized spacial score (nSPS) is 9.95. The molecule has 0 aliphatic carbocycles. The van der Waals surface area contributed by atoms with Gasteiger partial charge in [0.05, 0.1) is 4.92 Å². The standard InChI is InChI=1S/C14H13N3O4/c1-9-7-11(5-6-13(9)18)16-14(19)15-10-3-2-4-12(8-10)17(20)21/h2-8,18H,1H3,(H2,15,16,19). The maximum absolute atomic E-state index is 11.8. The van der Waals surface area contributed by atoms with Crippen LogP contribution in [0.2, 0.25) is 0 Å². The van der Waals surface area contributed by atoms with Crippen LogP contribution in [0.1, 0.15) is 5.56 Å². The molecule has 21 heavy (non-hydrogen) atoms. The van der Waals surface area contributed by atoms with Crippen LogP contribution in [0.3, 0.4) is 0 Å².